The van der Waals surface area contributed by atoms with E-state index in [0.717, 1.165) is 7.16 Å². The van der Waals surface area contributed by atoms with Gasteiger partial charge in [0.1, 0.15) is 6.10 Å². The summed E-state index contributed by atoms with van der Waals surface area (Å²) in [5.74, 6) is 0. The first kappa shape index (κ1) is 14.0. The fourth-order valence-corrected chi connectivity index (χ4v) is 1.05. The molecule has 1 unspecified atom stereocenters. The molecule has 0 aliphatic heterocycles. The second kappa shape index (κ2) is 8.36. The number of hydrogen-bond donors (Lipinski definition) is 3. The number of rotatable bonds is 6. The predicted octanol–water partition coefficient (Wildman–Crippen LogP) is 0.430. The van der Waals surface area contributed by atoms with Gasteiger partial charge in [-0.25, -0.2) is 0 Å². The van der Waals surface area contributed by atoms with E-state index < -0.39 is 6.10 Å². The lowest BCUT2D eigenvalue weighted by Gasteiger charge is -2.08. The molecule has 0 rings (SSSR count). The Morgan fingerprint density at radius 2 is 1.85 bits per heavy atom. The zero-order chi connectivity index (χ0) is 10.3. The van der Waals surface area contributed by atoms with Crippen LogP contribution in [0.5, 0.6) is 0 Å². The summed E-state index contributed by atoms with van der Waals surface area (Å²) in [6, 6.07) is 0. The summed E-state index contributed by atoms with van der Waals surface area (Å²) in [6.07, 6.45) is -0.823. The van der Waals surface area contributed by atoms with Crippen LogP contribution < -0.4 is 0 Å². The average molecular weight is 414 g/mol. The van der Waals surface area contributed by atoms with Gasteiger partial charge >= 0.3 is 0 Å². The molecule has 3 N–H and O–H groups in total. The van der Waals surface area contributed by atoms with Crippen molar-refractivity contribution in [1.82, 2.24) is 0 Å². The van der Waals surface area contributed by atoms with Gasteiger partial charge in [0.15, 0.2) is 0 Å². The van der Waals surface area contributed by atoms with E-state index in [2.05, 4.69) is 22.6 Å². The highest BCUT2D eigenvalue weighted by atomic mass is 127. The molecule has 0 aromatic heterocycles. The van der Waals surface area contributed by atoms with Gasteiger partial charge in [0.25, 0.3) is 0 Å². The minimum absolute atomic E-state index is 0.00471. The van der Waals surface area contributed by atoms with Crippen LogP contribution in [-0.4, -0.2) is 47.9 Å². The molecule has 78 valence electrons. The van der Waals surface area contributed by atoms with Crippen LogP contribution in [0, 0.1) is 0 Å². The van der Waals surface area contributed by atoms with Crippen LogP contribution >= 0.6 is 45.2 Å². The number of ether oxygens (including phenoxy) is 1. The standard InChI is InChI=1S/C7H12I2O4/c8-6(2-11)7(9)4-13-3-5(12)1-10/h5,10-12H,1-4H2. The molecule has 4 nitrogen and oxygen atoms in total. The van der Waals surface area contributed by atoms with Crippen LogP contribution in [0.4, 0.5) is 0 Å². The zero-order valence-electron chi connectivity index (χ0n) is 6.91. The fraction of sp³-hybridized carbons (Fsp3) is 0.714. The third-order valence-electron chi connectivity index (χ3n) is 1.18. The first-order valence-corrected chi connectivity index (χ1v) is 5.78. The summed E-state index contributed by atoms with van der Waals surface area (Å²) < 4.78 is 6.82. The van der Waals surface area contributed by atoms with Gasteiger partial charge in [0.05, 0.1) is 26.4 Å². The van der Waals surface area contributed by atoms with Crippen molar-refractivity contribution in [2.24, 2.45) is 0 Å². The molecule has 0 aliphatic carbocycles. The first-order chi connectivity index (χ1) is 6.11. The van der Waals surface area contributed by atoms with Crippen LogP contribution in [0.2, 0.25) is 0 Å². The van der Waals surface area contributed by atoms with Crippen molar-refractivity contribution in [1.29, 1.82) is 0 Å². The van der Waals surface area contributed by atoms with Crippen LogP contribution in [0.1, 0.15) is 0 Å². The normalized spacial score (nSPS) is 15.5. The van der Waals surface area contributed by atoms with Crippen molar-refractivity contribution in [2.45, 2.75) is 6.10 Å². The molecule has 0 aliphatic rings. The molecule has 0 saturated heterocycles. The summed E-state index contributed by atoms with van der Waals surface area (Å²) in [5, 5.41) is 26.1. The van der Waals surface area contributed by atoms with Gasteiger partial charge in [-0.05, 0) is 45.2 Å². The van der Waals surface area contributed by atoms with Crippen LogP contribution in [0.15, 0.2) is 7.16 Å². The first-order valence-electron chi connectivity index (χ1n) is 3.62. The van der Waals surface area contributed by atoms with E-state index in [-0.39, 0.29) is 19.8 Å². The minimum Gasteiger partial charge on any atom is -0.394 e. The highest BCUT2D eigenvalue weighted by Crippen LogP contribution is 2.18. The largest absolute Gasteiger partial charge is 0.394 e. The van der Waals surface area contributed by atoms with E-state index in [9.17, 15) is 0 Å². The molecule has 13 heavy (non-hydrogen) atoms. The number of halogens is 2. The third-order valence-corrected chi connectivity index (χ3v) is 4.17. The SMILES string of the molecule is OCC(I)=C(I)COCC(O)CO. The predicted molar refractivity (Wildman–Crippen MR) is 66.1 cm³/mol. The number of hydrogen-bond acceptors (Lipinski definition) is 4. The van der Waals surface area contributed by atoms with Crippen molar-refractivity contribution >= 4 is 45.2 Å². The summed E-state index contributed by atoms with van der Waals surface area (Å²) in [5.41, 5.74) is 0. The zero-order valence-corrected chi connectivity index (χ0v) is 11.2. The fourth-order valence-electron chi connectivity index (χ4n) is 0.501. The maximum atomic E-state index is 8.92. The summed E-state index contributed by atoms with van der Waals surface area (Å²) in [4.78, 5) is 0. The van der Waals surface area contributed by atoms with Crippen LogP contribution in [-0.2, 0) is 4.74 Å². The van der Waals surface area contributed by atoms with Crippen LogP contribution in [0.25, 0.3) is 0 Å². The quantitative estimate of drug-likeness (QED) is 0.552. The topological polar surface area (TPSA) is 69.9 Å². The lowest BCUT2D eigenvalue weighted by Crippen LogP contribution is -2.19. The molecule has 0 bridgehead atoms. The molecule has 0 radical (unpaired) electrons. The molecule has 0 spiro atoms. The van der Waals surface area contributed by atoms with Crippen molar-refractivity contribution in [3.05, 3.63) is 7.16 Å². The Morgan fingerprint density at radius 3 is 2.31 bits per heavy atom. The summed E-state index contributed by atoms with van der Waals surface area (Å²) in [6.45, 7) is 0.178. The van der Waals surface area contributed by atoms with Crippen molar-refractivity contribution in [2.75, 3.05) is 26.4 Å². The van der Waals surface area contributed by atoms with E-state index in [4.69, 9.17) is 20.1 Å². The Labute approximate surface area is 104 Å². The third kappa shape index (κ3) is 7.03. The molecule has 0 fully saturated rings. The molecule has 6 heteroatoms. The van der Waals surface area contributed by atoms with E-state index in [0.29, 0.717) is 6.61 Å². The Balaban J connectivity index is 3.65. The number of aliphatic hydroxyl groups excluding tert-OH is 3. The molecule has 1 atom stereocenters. The van der Waals surface area contributed by atoms with E-state index in [1.807, 2.05) is 22.6 Å². The second-order valence-corrected chi connectivity index (χ2v) is 4.92. The van der Waals surface area contributed by atoms with Crippen molar-refractivity contribution < 1.29 is 20.1 Å². The Hall–Kier alpha value is 1.04. The van der Waals surface area contributed by atoms with Crippen molar-refractivity contribution in [3.8, 4) is 0 Å². The Morgan fingerprint density at radius 1 is 1.23 bits per heavy atom. The second-order valence-electron chi connectivity index (χ2n) is 2.32. The summed E-state index contributed by atoms with van der Waals surface area (Å²) in [7, 11) is 0. The van der Waals surface area contributed by atoms with Gasteiger partial charge in [-0.3, -0.25) is 0 Å². The Bertz CT molecular complexity index is 172. The molecule has 0 saturated carbocycles. The molecule has 0 aromatic carbocycles. The van der Waals surface area contributed by atoms with Gasteiger partial charge in [0, 0.05) is 7.16 Å². The molecular weight excluding hydrogens is 402 g/mol. The minimum atomic E-state index is -0.823. The molecule has 0 amide bonds. The maximum absolute atomic E-state index is 8.92. The lowest BCUT2D eigenvalue weighted by molar-refractivity contribution is 0.0146. The van der Waals surface area contributed by atoms with Gasteiger partial charge in [0.2, 0.25) is 0 Å². The Kier molecular flexibility index (Phi) is 9.03. The van der Waals surface area contributed by atoms with Gasteiger partial charge in [-0.2, -0.15) is 0 Å². The monoisotopic (exact) mass is 414 g/mol. The van der Waals surface area contributed by atoms with Gasteiger partial charge in [-0.1, -0.05) is 0 Å². The highest BCUT2D eigenvalue weighted by molar-refractivity contribution is 14.1. The summed E-state index contributed by atoms with van der Waals surface area (Å²) >= 11 is 4.10. The van der Waals surface area contributed by atoms with E-state index >= 15 is 0 Å². The molecule has 0 aromatic rings. The molecule has 0 heterocycles. The highest BCUT2D eigenvalue weighted by Gasteiger charge is 2.03. The van der Waals surface area contributed by atoms with Gasteiger partial charge < -0.3 is 20.1 Å². The lowest BCUT2D eigenvalue weighted by atomic mass is 10.4. The number of aliphatic hydroxyl groups is 3. The maximum Gasteiger partial charge on any atom is 0.100 e. The smallest absolute Gasteiger partial charge is 0.100 e. The van der Waals surface area contributed by atoms with Gasteiger partial charge in [-0.15, -0.1) is 0 Å². The van der Waals surface area contributed by atoms with Crippen LogP contribution in [0.3, 0.4) is 0 Å². The van der Waals surface area contributed by atoms with E-state index in [1.165, 1.54) is 0 Å². The molecular formula is C7H12I2O4. The average Bonchev–Trinajstić information content (AvgIpc) is 2.15. The van der Waals surface area contributed by atoms with Crippen molar-refractivity contribution in [3.63, 3.8) is 0 Å². The van der Waals surface area contributed by atoms with E-state index in [1.54, 1.807) is 0 Å².